The van der Waals surface area contributed by atoms with Crippen LogP contribution in [0.3, 0.4) is 0 Å². The topological polar surface area (TPSA) is 84.1 Å². The summed E-state index contributed by atoms with van der Waals surface area (Å²) in [7, 11) is 0. The third kappa shape index (κ3) is 5.72. The number of nitrogens with one attached hydrogen (secondary N) is 1. The van der Waals surface area contributed by atoms with Crippen molar-refractivity contribution >= 4 is 46.2 Å². The van der Waals surface area contributed by atoms with Crippen molar-refractivity contribution in [3.63, 3.8) is 0 Å². The molecule has 6 nitrogen and oxygen atoms in total. The Morgan fingerprint density at radius 1 is 1.14 bits per heavy atom. The molecular formula is C29H22ClN3O3S. The molecule has 37 heavy (non-hydrogen) atoms. The summed E-state index contributed by atoms with van der Waals surface area (Å²) in [4.78, 5) is 26.8. The van der Waals surface area contributed by atoms with Crippen molar-refractivity contribution in [2.45, 2.75) is 6.92 Å². The molecule has 0 aliphatic carbocycles. The summed E-state index contributed by atoms with van der Waals surface area (Å²) in [5.74, 6) is 0.0204. The van der Waals surface area contributed by atoms with E-state index in [1.165, 1.54) is 4.57 Å². The first-order chi connectivity index (χ1) is 17.9. The molecule has 4 rings (SSSR count). The highest BCUT2D eigenvalue weighted by Gasteiger charge is 2.18. The number of anilines is 1. The molecule has 0 saturated carbocycles. The van der Waals surface area contributed by atoms with E-state index < -0.39 is 5.91 Å². The number of ether oxygens (including phenoxy) is 1. The minimum absolute atomic E-state index is 0.196. The molecule has 1 aromatic heterocycles. The molecular weight excluding hydrogens is 506 g/mol. The number of nitriles is 1. The number of halogens is 1. The van der Waals surface area contributed by atoms with E-state index in [2.05, 4.69) is 11.9 Å². The summed E-state index contributed by atoms with van der Waals surface area (Å²) in [5, 5.41) is 13.0. The molecule has 0 aliphatic rings. The molecule has 184 valence electrons. The number of thiazole rings is 1. The largest absolute Gasteiger partial charge is 0.490 e. The fourth-order valence-electron chi connectivity index (χ4n) is 3.59. The molecule has 1 amide bonds. The van der Waals surface area contributed by atoms with E-state index in [9.17, 15) is 14.9 Å². The van der Waals surface area contributed by atoms with Crippen LogP contribution < -0.4 is 24.8 Å². The number of hydrogen-bond acceptors (Lipinski definition) is 5. The molecule has 0 saturated heterocycles. The number of aryl methyl sites for hydroxylation is 1. The van der Waals surface area contributed by atoms with Crippen LogP contribution in [-0.4, -0.2) is 17.1 Å². The van der Waals surface area contributed by atoms with Crippen molar-refractivity contribution < 1.29 is 9.53 Å². The maximum absolute atomic E-state index is 13.6. The number of carbonyl (C=O) groups is 1. The Balaban J connectivity index is 1.91. The van der Waals surface area contributed by atoms with E-state index in [1.807, 2.05) is 37.3 Å². The fraction of sp³-hybridized carbons (Fsp3) is 0.0690. The minimum Gasteiger partial charge on any atom is -0.490 e. The maximum atomic E-state index is 13.6. The van der Waals surface area contributed by atoms with Crippen LogP contribution in [0.15, 0.2) is 90.2 Å². The van der Waals surface area contributed by atoms with Gasteiger partial charge in [-0.3, -0.25) is 14.2 Å². The molecule has 4 aromatic rings. The maximum Gasteiger partial charge on any atom is 0.273 e. The van der Waals surface area contributed by atoms with Crippen molar-refractivity contribution in [2.75, 3.05) is 11.9 Å². The van der Waals surface area contributed by atoms with Crippen LogP contribution in [0, 0.1) is 18.3 Å². The van der Waals surface area contributed by atoms with Crippen molar-refractivity contribution in [3.05, 3.63) is 121 Å². The van der Waals surface area contributed by atoms with Crippen LogP contribution in [0.5, 0.6) is 5.75 Å². The molecule has 0 aliphatic heterocycles. The summed E-state index contributed by atoms with van der Waals surface area (Å²) < 4.78 is 7.53. The average molecular weight is 528 g/mol. The Kier molecular flexibility index (Phi) is 8.04. The number of rotatable bonds is 7. The van der Waals surface area contributed by atoms with Gasteiger partial charge in [-0.05, 0) is 54.5 Å². The van der Waals surface area contributed by atoms with Gasteiger partial charge in [-0.25, -0.2) is 0 Å². The van der Waals surface area contributed by atoms with Gasteiger partial charge in [0.05, 0.1) is 20.9 Å². The Morgan fingerprint density at radius 2 is 1.84 bits per heavy atom. The second-order valence-corrected chi connectivity index (χ2v) is 9.37. The van der Waals surface area contributed by atoms with Gasteiger partial charge in [0.25, 0.3) is 11.5 Å². The van der Waals surface area contributed by atoms with Gasteiger partial charge in [-0.2, -0.15) is 5.26 Å². The molecule has 0 unspecified atom stereocenters. The Labute approximate surface area is 222 Å². The van der Waals surface area contributed by atoms with E-state index in [0.717, 1.165) is 22.5 Å². The van der Waals surface area contributed by atoms with E-state index in [1.54, 1.807) is 60.7 Å². The van der Waals surface area contributed by atoms with Crippen LogP contribution in [0.25, 0.3) is 17.3 Å². The van der Waals surface area contributed by atoms with Crippen molar-refractivity contribution in [2.24, 2.45) is 0 Å². The molecule has 0 spiro atoms. The summed E-state index contributed by atoms with van der Waals surface area (Å²) in [5.41, 5.74) is 2.02. The monoisotopic (exact) mass is 527 g/mol. The Bertz CT molecular complexity index is 1700. The molecule has 0 radical (unpaired) electrons. The lowest BCUT2D eigenvalue weighted by Gasteiger charge is -2.08. The number of para-hydroxylation sites is 2. The summed E-state index contributed by atoms with van der Waals surface area (Å²) in [6, 6.07) is 23.3. The zero-order valence-electron chi connectivity index (χ0n) is 19.9. The van der Waals surface area contributed by atoms with Crippen molar-refractivity contribution in [1.29, 1.82) is 5.26 Å². The second-order valence-electron chi connectivity index (χ2n) is 7.93. The fourth-order valence-corrected chi connectivity index (χ4v) is 4.87. The van der Waals surface area contributed by atoms with Gasteiger partial charge in [0.2, 0.25) is 0 Å². The Hall–Kier alpha value is -4.38. The predicted molar refractivity (Wildman–Crippen MR) is 149 cm³/mol. The highest BCUT2D eigenvalue weighted by atomic mass is 35.5. The summed E-state index contributed by atoms with van der Waals surface area (Å²) in [6.07, 6.45) is 3.38. The average Bonchev–Trinajstić information content (AvgIpc) is 3.20. The van der Waals surface area contributed by atoms with Crippen LogP contribution in [0.2, 0.25) is 5.02 Å². The lowest BCUT2D eigenvalue weighted by molar-refractivity contribution is -0.111. The smallest absolute Gasteiger partial charge is 0.273 e. The van der Waals surface area contributed by atoms with E-state index in [4.69, 9.17) is 16.3 Å². The molecule has 0 atom stereocenters. The number of carbonyl (C=O) groups excluding carboxylic acids is 1. The molecule has 0 bridgehead atoms. The number of amides is 1. The second kappa shape index (κ2) is 11.6. The van der Waals surface area contributed by atoms with Crippen LogP contribution in [0.1, 0.15) is 11.1 Å². The van der Waals surface area contributed by atoms with Gasteiger partial charge in [0.1, 0.15) is 23.1 Å². The number of nitrogens with zero attached hydrogens (tertiary/aromatic N) is 2. The van der Waals surface area contributed by atoms with Crippen molar-refractivity contribution in [1.82, 2.24) is 4.57 Å². The minimum atomic E-state index is -0.658. The molecule has 1 N–H and O–H groups in total. The van der Waals surface area contributed by atoms with E-state index in [0.29, 0.717) is 33.3 Å². The van der Waals surface area contributed by atoms with E-state index in [-0.39, 0.29) is 15.8 Å². The third-order valence-electron chi connectivity index (χ3n) is 5.40. The first-order valence-electron chi connectivity index (χ1n) is 11.3. The predicted octanol–water partition coefficient (Wildman–Crippen LogP) is 4.57. The van der Waals surface area contributed by atoms with Crippen LogP contribution in [0.4, 0.5) is 5.69 Å². The first-order valence-corrected chi connectivity index (χ1v) is 12.5. The van der Waals surface area contributed by atoms with Gasteiger partial charge in [-0.15, -0.1) is 11.3 Å². The van der Waals surface area contributed by atoms with E-state index >= 15 is 0 Å². The van der Waals surface area contributed by atoms with Gasteiger partial charge in [0.15, 0.2) is 5.57 Å². The third-order valence-corrected chi connectivity index (χ3v) is 6.82. The standard InChI is InChI=1S/C29H22ClN3O3S/c1-3-16-36-21-14-12-20(13-15-21)17-26-28(35)33(25-11-7-4-8-19(25)2)29(37-26)22(18-31)27(34)32-24-10-6-5-9-23(24)30/h3-15,17H,1,16H2,2H3,(H,32,34). The normalized spacial score (nSPS) is 12.0. The first kappa shape index (κ1) is 25.7. The molecule has 0 fully saturated rings. The van der Waals surface area contributed by atoms with Crippen LogP contribution >= 0.6 is 22.9 Å². The lowest BCUT2D eigenvalue weighted by atomic mass is 10.2. The zero-order valence-corrected chi connectivity index (χ0v) is 21.5. The summed E-state index contributed by atoms with van der Waals surface area (Å²) in [6.45, 7) is 5.89. The van der Waals surface area contributed by atoms with Gasteiger partial charge in [0, 0.05) is 0 Å². The van der Waals surface area contributed by atoms with Crippen molar-refractivity contribution in [3.8, 4) is 17.5 Å². The quantitative estimate of drug-likeness (QED) is 0.357. The zero-order chi connectivity index (χ0) is 26.4. The molecule has 1 heterocycles. The molecule has 8 heteroatoms. The lowest BCUT2D eigenvalue weighted by Crippen LogP contribution is -2.32. The van der Waals surface area contributed by atoms with Crippen LogP contribution in [-0.2, 0) is 4.79 Å². The SMILES string of the molecule is C=CCOc1ccc(C=c2sc(=C(C#N)C(=O)Nc3ccccc3Cl)n(-c3ccccc3C)c2=O)cc1. The van der Waals surface area contributed by atoms with Gasteiger partial charge >= 0.3 is 0 Å². The highest BCUT2D eigenvalue weighted by molar-refractivity contribution is 7.07. The van der Waals surface area contributed by atoms with Gasteiger partial charge in [-0.1, -0.05) is 66.7 Å². The number of benzene rings is 3. The summed E-state index contributed by atoms with van der Waals surface area (Å²) >= 11 is 7.27. The Morgan fingerprint density at radius 3 is 2.51 bits per heavy atom. The number of hydrogen-bond donors (Lipinski definition) is 1. The molecule has 3 aromatic carbocycles. The van der Waals surface area contributed by atoms with Gasteiger partial charge < -0.3 is 10.1 Å². The number of aromatic nitrogens is 1. The highest BCUT2D eigenvalue weighted by Crippen LogP contribution is 2.21.